The predicted molar refractivity (Wildman–Crippen MR) is 225 cm³/mol. The monoisotopic (exact) mass is 838 g/mol. The molecule has 1 atom stereocenters. The summed E-state index contributed by atoms with van der Waals surface area (Å²) in [5, 5.41) is 20.4. The summed E-state index contributed by atoms with van der Waals surface area (Å²) in [5.41, 5.74) is 1.89. The molecule has 7 rings (SSSR count). The molecule has 2 fully saturated rings. The van der Waals surface area contributed by atoms with Gasteiger partial charge in [0.2, 0.25) is 11.8 Å². The van der Waals surface area contributed by atoms with E-state index in [4.69, 9.17) is 21.1 Å². The van der Waals surface area contributed by atoms with Crippen molar-refractivity contribution in [2.45, 2.75) is 77.0 Å². The van der Waals surface area contributed by atoms with Crippen molar-refractivity contribution in [3.8, 4) is 5.69 Å². The molecule has 314 valence electrons. The highest BCUT2D eigenvalue weighted by molar-refractivity contribution is 6.44. The first kappa shape index (κ1) is 42.0. The summed E-state index contributed by atoms with van der Waals surface area (Å²) >= 11 is 6.26. The normalized spacial score (nSPS) is 17.9. The molecule has 2 aromatic heterocycles. The van der Waals surface area contributed by atoms with Gasteiger partial charge in [-0.3, -0.25) is 24.1 Å². The Labute approximate surface area is 351 Å². The Balaban J connectivity index is 1.17. The third-order valence-corrected chi connectivity index (χ3v) is 11.0. The maximum Gasteiger partial charge on any atom is 0.355 e. The quantitative estimate of drug-likeness (QED) is 0.0995. The highest BCUT2D eigenvalue weighted by Crippen LogP contribution is 2.37. The summed E-state index contributed by atoms with van der Waals surface area (Å²) < 4.78 is 12.4. The van der Waals surface area contributed by atoms with E-state index in [-0.39, 0.29) is 46.7 Å². The molecule has 0 bridgehead atoms. The second-order valence-corrected chi connectivity index (χ2v) is 16.3. The van der Waals surface area contributed by atoms with Crippen LogP contribution in [0.2, 0.25) is 5.02 Å². The number of hydrogen-bond acceptors (Lipinski definition) is 11. The SMILES string of the molecule is COC1CCC(N2CCN(c3cccc(C(C)C(=O)Nc4cccc5[nH]c(C(=O)OC(C)(C)C)cc45)c3NC(=O)C(=O)Nc3cc(Cl)ccc3-n3cnnn3)C(=O)C2)CC1. The van der Waals surface area contributed by atoms with Crippen molar-refractivity contribution in [1.82, 2.24) is 30.1 Å². The van der Waals surface area contributed by atoms with Crippen LogP contribution in [0, 0.1) is 0 Å². The van der Waals surface area contributed by atoms with Crippen molar-refractivity contribution in [2.24, 2.45) is 0 Å². The number of ether oxygens (including phenoxy) is 2. The lowest BCUT2D eigenvalue weighted by molar-refractivity contribution is -0.133. The summed E-state index contributed by atoms with van der Waals surface area (Å²) in [6.45, 7) is 8.05. The fourth-order valence-corrected chi connectivity index (χ4v) is 7.87. The average molecular weight is 839 g/mol. The number of nitrogens with one attached hydrogen (secondary N) is 4. The third-order valence-electron chi connectivity index (χ3n) is 10.8. The molecule has 18 heteroatoms. The number of carbonyl (C=O) groups is 5. The van der Waals surface area contributed by atoms with Gasteiger partial charge >= 0.3 is 17.8 Å². The van der Waals surface area contributed by atoms with Crippen molar-refractivity contribution in [1.29, 1.82) is 0 Å². The number of aromatic nitrogens is 5. The number of H-pyrrole nitrogens is 1. The van der Waals surface area contributed by atoms with E-state index in [9.17, 15) is 24.0 Å². The number of esters is 1. The summed E-state index contributed by atoms with van der Waals surface area (Å²) in [5.74, 6) is -4.21. The number of tetrazole rings is 1. The van der Waals surface area contributed by atoms with Crippen LogP contribution in [0.4, 0.5) is 22.7 Å². The van der Waals surface area contributed by atoms with Crippen LogP contribution in [0.15, 0.2) is 67.0 Å². The molecule has 3 heterocycles. The van der Waals surface area contributed by atoms with E-state index in [0.717, 1.165) is 25.7 Å². The zero-order valence-electron chi connectivity index (χ0n) is 34.0. The Hall–Kier alpha value is -6.17. The van der Waals surface area contributed by atoms with Gasteiger partial charge in [-0.15, -0.1) is 5.10 Å². The zero-order chi connectivity index (χ0) is 42.7. The van der Waals surface area contributed by atoms with Gasteiger partial charge < -0.3 is 35.3 Å². The van der Waals surface area contributed by atoms with Crippen molar-refractivity contribution < 1.29 is 33.4 Å². The van der Waals surface area contributed by atoms with E-state index in [2.05, 4.69) is 41.4 Å². The standard InChI is InChI=1S/C42H47ClN10O7/c1-24(38(55)46-31-10-7-9-30-29(31)21-33(45-30)41(58)60-42(2,3)4)28-8-6-11-35(52-19-18-51(22-36(52)54)26-13-15-27(59-5)16-14-26)37(28)48-40(57)39(56)47-32-20-25(43)12-17-34(32)53-23-44-49-50-53/h6-12,17,20-21,23-24,26-27,45H,13-16,18-19,22H2,1-5H3,(H,46,55)(H,47,56)(H,48,57). The number of carbonyl (C=O) groups excluding carboxylic acids is 5. The predicted octanol–water partition coefficient (Wildman–Crippen LogP) is 5.68. The number of methoxy groups -OCH3 is 1. The Bertz CT molecular complexity index is 2420. The van der Waals surface area contributed by atoms with Gasteiger partial charge in [0, 0.05) is 42.2 Å². The minimum atomic E-state index is -1.06. The Morgan fingerprint density at radius 3 is 2.35 bits per heavy atom. The second kappa shape index (κ2) is 17.6. The largest absolute Gasteiger partial charge is 0.455 e. The summed E-state index contributed by atoms with van der Waals surface area (Å²) in [4.78, 5) is 75.4. The van der Waals surface area contributed by atoms with E-state index in [1.54, 1.807) is 94.3 Å². The molecule has 1 aliphatic carbocycles. The lowest BCUT2D eigenvalue weighted by Gasteiger charge is -2.41. The first-order chi connectivity index (χ1) is 28.7. The molecule has 60 heavy (non-hydrogen) atoms. The van der Waals surface area contributed by atoms with E-state index in [1.807, 2.05) is 0 Å². The number of anilines is 4. The maximum atomic E-state index is 14.2. The molecule has 1 saturated carbocycles. The molecule has 0 radical (unpaired) electrons. The maximum absolute atomic E-state index is 14.2. The highest BCUT2D eigenvalue weighted by Gasteiger charge is 2.35. The molecule has 1 saturated heterocycles. The van der Waals surface area contributed by atoms with E-state index in [1.165, 1.54) is 17.1 Å². The summed E-state index contributed by atoms with van der Waals surface area (Å²) in [7, 11) is 1.73. The van der Waals surface area contributed by atoms with Gasteiger partial charge in [0.25, 0.3) is 0 Å². The first-order valence-corrected chi connectivity index (χ1v) is 20.1. The molecule has 2 aliphatic rings. The summed E-state index contributed by atoms with van der Waals surface area (Å²) in [6.07, 6.45) is 5.23. The van der Waals surface area contributed by atoms with Crippen LogP contribution < -0.4 is 20.9 Å². The lowest BCUT2D eigenvalue weighted by atomic mass is 9.91. The van der Waals surface area contributed by atoms with E-state index < -0.39 is 35.2 Å². The number of fused-ring (bicyclic) bond motifs is 1. The number of amides is 4. The van der Waals surface area contributed by atoms with Gasteiger partial charge in [-0.05, 0) is 112 Å². The zero-order valence-corrected chi connectivity index (χ0v) is 34.7. The van der Waals surface area contributed by atoms with Crippen LogP contribution in [-0.4, -0.2) is 104 Å². The number of halogens is 1. The average Bonchev–Trinajstić information content (AvgIpc) is 3.92. The van der Waals surface area contributed by atoms with Gasteiger partial charge in [-0.2, -0.15) is 4.68 Å². The van der Waals surface area contributed by atoms with Crippen molar-refractivity contribution in [3.05, 3.63) is 83.3 Å². The van der Waals surface area contributed by atoms with Crippen LogP contribution in [-0.2, 0) is 28.7 Å². The highest BCUT2D eigenvalue weighted by atomic mass is 35.5. The van der Waals surface area contributed by atoms with Crippen LogP contribution in [0.25, 0.3) is 16.6 Å². The third kappa shape index (κ3) is 9.33. The summed E-state index contributed by atoms with van der Waals surface area (Å²) in [6, 6.07) is 16.8. The smallest absolute Gasteiger partial charge is 0.355 e. The van der Waals surface area contributed by atoms with Crippen LogP contribution in [0.3, 0.4) is 0 Å². The number of aromatic amines is 1. The number of nitrogens with zero attached hydrogens (tertiary/aromatic N) is 6. The van der Waals surface area contributed by atoms with Gasteiger partial charge in [-0.1, -0.05) is 29.8 Å². The second-order valence-electron chi connectivity index (χ2n) is 15.9. The van der Waals surface area contributed by atoms with Crippen molar-refractivity contribution in [2.75, 3.05) is 47.6 Å². The number of para-hydroxylation sites is 1. The Morgan fingerprint density at radius 2 is 1.65 bits per heavy atom. The Morgan fingerprint density at radius 1 is 0.900 bits per heavy atom. The van der Waals surface area contributed by atoms with Gasteiger partial charge in [-0.25, -0.2) is 4.79 Å². The van der Waals surface area contributed by atoms with E-state index in [0.29, 0.717) is 46.6 Å². The molecule has 0 spiro atoms. The minimum absolute atomic E-state index is 0.126. The number of hydrogen-bond donors (Lipinski definition) is 4. The molecule has 3 aromatic carbocycles. The first-order valence-electron chi connectivity index (χ1n) is 19.7. The Kier molecular flexibility index (Phi) is 12.3. The van der Waals surface area contributed by atoms with Gasteiger partial charge in [0.15, 0.2) is 0 Å². The molecule has 4 N–H and O–H groups in total. The number of piperazine rings is 1. The van der Waals surface area contributed by atoms with Gasteiger partial charge in [0.1, 0.15) is 17.6 Å². The molecule has 1 unspecified atom stereocenters. The lowest BCUT2D eigenvalue weighted by Crippen LogP contribution is -2.54. The van der Waals surface area contributed by atoms with Gasteiger partial charge in [0.05, 0.1) is 47.0 Å². The number of rotatable bonds is 10. The fourth-order valence-electron chi connectivity index (χ4n) is 7.70. The minimum Gasteiger partial charge on any atom is -0.455 e. The molecular formula is C42H47ClN10O7. The van der Waals surface area contributed by atoms with Crippen LogP contribution in [0.5, 0.6) is 0 Å². The topological polar surface area (TPSA) is 206 Å². The van der Waals surface area contributed by atoms with Crippen LogP contribution in [0.1, 0.15) is 75.3 Å². The van der Waals surface area contributed by atoms with E-state index >= 15 is 0 Å². The van der Waals surface area contributed by atoms with Crippen molar-refractivity contribution >= 4 is 74.9 Å². The fraction of sp³-hybridized carbons (Fsp3) is 0.381. The molecule has 4 amide bonds. The van der Waals surface area contributed by atoms with Crippen LogP contribution >= 0.6 is 11.6 Å². The molecule has 17 nitrogen and oxygen atoms in total. The number of benzene rings is 3. The molecule has 1 aliphatic heterocycles. The molecular weight excluding hydrogens is 792 g/mol. The molecule has 5 aromatic rings. The van der Waals surface area contributed by atoms with Crippen molar-refractivity contribution in [3.63, 3.8) is 0 Å².